The lowest BCUT2D eigenvalue weighted by molar-refractivity contribution is -0.119. The highest BCUT2D eigenvalue weighted by Gasteiger charge is 2.30. The largest absolute Gasteiger partial charge is 0.495 e. The first-order valence-electron chi connectivity index (χ1n) is 9.81. The molecule has 0 aliphatic heterocycles. The molecule has 0 aliphatic carbocycles. The van der Waals surface area contributed by atoms with Gasteiger partial charge in [-0.1, -0.05) is 23.7 Å². The number of halogens is 1. The van der Waals surface area contributed by atoms with Gasteiger partial charge >= 0.3 is 0 Å². The van der Waals surface area contributed by atoms with Crippen molar-refractivity contribution in [2.45, 2.75) is 25.3 Å². The quantitative estimate of drug-likeness (QED) is 0.536. The summed E-state index contributed by atoms with van der Waals surface area (Å²) in [6.07, 6.45) is 3.24. The number of hydrogen-bond donors (Lipinski definition) is 1. The second kappa shape index (κ2) is 10.0. The molecule has 32 heavy (non-hydrogen) atoms. The Morgan fingerprint density at radius 1 is 1.09 bits per heavy atom. The van der Waals surface area contributed by atoms with E-state index in [1.165, 1.54) is 19.2 Å². The number of nitrogens with one attached hydrogen (secondary N) is 1. The van der Waals surface area contributed by atoms with Crippen LogP contribution in [0.1, 0.15) is 16.7 Å². The van der Waals surface area contributed by atoms with E-state index in [-0.39, 0.29) is 22.9 Å². The fourth-order valence-corrected chi connectivity index (χ4v) is 4.87. The smallest absolute Gasteiger partial charge is 0.268 e. The minimum absolute atomic E-state index is 0.0290. The van der Waals surface area contributed by atoms with E-state index in [0.29, 0.717) is 5.02 Å². The van der Waals surface area contributed by atoms with E-state index in [0.717, 1.165) is 21.0 Å². The molecule has 0 radical (unpaired) electrons. The molecule has 0 spiro atoms. The number of pyridine rings is 1. The summed E-state index contributed by atoms with van der Waals surface area (Å²) >= 11 is 6.26. The number of amides is 1. The SMILES string of the molecule is COc1ccc(C)cc1S(=O)(=O)N(CC(=O)NCc1ccncc1)c1ccc(C)c(Cl)c1. The molecule has 3 aromatic rings. The molecule has 0 fully saturated rings. The van der Waals surface area contributed by atoms with Gasteiger partial charge in [0.05, 0.1) is 12.8 Å². The lowest BCUT2D eigenvalue weighted by atomic mass is 10.2. The summed E-state index contributed by atoms with van der Waals surface area (Å²) in [5, 5.41) is 3.15. The number of ether oxygens (including phenoxy) is 1. The van der Waals surface area contributed by atoms with E-state index in [2.05, 4.69) is 10.3 Å². The van der Waals surface area contributed by atoms with Gasteiger partial charge in [0.2, 0.25) is 5.91 Å². The van der Waals surface area contributed by atoms with Crippen molar-refractivity contribution in [3.8, 4) is 5.75 Å². The van der Waals surface area contributed by atoms with E-state index in [9.17, 15) is 13.2 Å². The number of carbonyl (C=O) groups excluding carboxylic acids is 1. The zero-order chi connectivity index (χ0) is 23.3. The number of sulfonamides is 1. The lowest BCUT2D eigenvalue weighted by Gasteiger charge is -2.25. The summed E-state index contributed by atoms with van der Waals surface area (Å²) in [6, 6.07) is 13.3. The maximum absolute atomic E-state index is 13.7. The average Bonchev–Trinajstić information content (AvgIpc) is 2.78. The normalized spacial score (nSPS) is 11.1. The predicted octanol–water partition coefficient (Wildman–Crippen LogP) is 3.87. The Kier molecular flexibility index (Phi) is 7.37. The van der Waals surface area contributed by atoms with Crippen LogP contribution in [0.5, 0.6) is 5.75 Å². The molecule has 1 N–H and O–H groups in total. The minimum atomic E-state index is -4.15. The maximum Gasteiger partial charge on any atom is 0.268 e. The Morgan fingerprint density at radius 2 is 1.81 bits per heavy atom. The lowest BCUT2D eigenvalue weighted by Crippen LogP contribution is -2.40. The van der Waals surface area contributed by atoms with Crippen LogP contribution in [0.2, 0.25) is 5.02 Å². The number of benzene rings is 2. The number of nitrogens with zero attached hydrogens (tertiary/aromatic N) is 2. The highest BCUT2D eigenvalue weighted by atomic mass is 35.5. The molecule has 0 aliphatic rings. The molecule has 7 nitrogen and oxygen atoms in total. The predicted molar refractivity (Wildman–Crippen MR) is 125 cm³/mol. The van der Waals surface area contributed by atoms with Crippen molar-refractivity contribution < 1.29 is 17.9 Å². The van der Waals surface area contributed by atoms with Crippen molar-refractivity contribution in [3.63, 3.8) is 0 Å². The third-order valence-corrected chi connectivity index (χ3v) is 7.06. The third kappa shape index (κ3) is 5.38. The van der Waals surface area contributed by atoms with Crippen molar-refractivity contribution in [3.05, 3.63) is 82.6 Å². The van der Waals surface area contributed by atoms with E-state index >= 15 is 0 Å². The van der Waals surface area contributed by atoms with Gasteiger partial charge in [-0.2, -0.15) is 0 Å². The summed E-state index contributed by atoms with van der Waals surface area (Å²) in [5.74, 6) is -0.273. The second-order valence-electron chi connectivity index (χ2n) is 7.23. The maximum atomic E-state index is 13.7. The topological polar surface area (TPSA) is 88.6 Å². The van der Waals surface area contributed by atoms with Crippen LogP contribution >= 0.6 is 11.6 Å². The van der Waals surface area contributed by atoms with Crippen molar-refractivity contribution in [1.82, 2.24) is 10.3 Å². The third-order valence-electron chi connectivity index (χ3n) is 4.86. The Morgan fingerprint density at radius 3 is 2.47 bits per heavy atom. The number of rotatable bonds is 8. The molecular formula is C23H24ClN3O4S. The van der Waals surface area contributed by atoms with Crippen molar-refractivity contribution in [2.75, 3.05) is 18.0 Å². The van der Waals surface area contributed by atoms with Crippen LogP contribution < -0.4 is 14.4 Å². The molecule has 3 rings (SSSR count). The molecule has 0 atom stereocenters. The zero-order valence-electron chi connectivity index (χ0n) is 18.0. The first-order valence-corrected chi connectivity index (χ1v) is 11.6. The van der Waals surface area contributed by atoms with Gasteiger partial charge in [0.1, 0.15) is 17.2 Å². The van der Waals surface area contributed by atoms with E-state index in [4.69, 9.17) is 16.3 Å². The summed E-state index contributed by atoms with van der Waals surface area (Å²) < 4.78 is 33.7. The van der Waals surface area contributed by atoms with Gasteiger partial charge in [-0.25, -0.2) is 8.42 Å². The van der Waals surface area contributed by atoms with Crippen LogP contribution in [0.3, 0.4) is 0 Å². The number of anilines is 1. The molecule has 1 amide bonds. The monoisotopic (exact) mass is 473 g/mol. The standard InChI is InChI=1S/C23H24ClN3O4S/c1-16-4-7-21(31-3)22(12-16)32(29,30)27(19-6-5-17(2)20(24)13-19)15-23(28)26-14-18-8-10-25-11-9-18/h4-13H,14-15H2,1-3H3,(H,26,28). The highest BCUT2D eigenvalue weighted by Crippen LogP contribution is 2.32. The minimum Gasteiger partial charge on any atom is -0.495 e. The van der Waals surface area contributed by atoms with Crippen LogP contribution in [0.15, 0.2) is 65.8 Å². The number of hydrogen-bond acceptors (Lipinski definition) is 5. The number of aromatic nitrogens is 1. The van der Waals surface area contributed by atoms with Gasteiger partial charge in [0, 0.05) is 24.0 Å². The van der Waals surface area contributed by atoms with Gasteiger partial charge in [-0.15, -0.1) is 0 Å². The molecule has 2 aromatic carbocycles. The van der Waals surface area contributed by atoms with E-state index in [1.807, 2.05) is 6.92 Å². The fraction of sp³-hybridized carbons (Fsp3) is 0.217. The van der Waals surface area contributed by atoms with Gasteiger partial charge < -0.3 is 10.1 Å². The van der Waals surface area contributed by atoms with Gasteiger partial charge in [0.25, 0.3) is 10.0 Å². The van der Waals surface area contributed by atoms with Crippen LogP contribution in [0.4, 0.5) is 5.69 Å². The molecule has 0 saturated carbocycles. The first kappa shape index (κ1) is 23.6. The molecular weight excluding hydrogens is 450 g/mol. The summed E-state index contributed by atoms with van der Waals surface area (Å²) in [6.45, 7) is 3.42. The summed E-state index contributed by atoms with van der Waals surface area (Å²) in [5.41, 5.74) is 2.67. The Hall–Kier alpha value is -3.10. The van der Waals surface area contributed by atoms with Gasteiger partial charge in [-0.05, 0) is 66.9 Å². The van der Waals surface area contributed by atoms with Crippen molar-refractivity contribution >= 4 is 33.2 Å². The van der Waals surface area contributed by atoms with Crippen molar-refractivity contribution in [2.24, 2.45) is 0 Å². The molecule has 0 saturated heterocycles. The van der Waals surface area contributed by atoms with Crippen LogP contribution in [0, 0.1) is 13.8 Å². The van der Waals surface area contributed by atoms with Crippen molar-refractivity contribution in [1.29, 1.82) is 0 Å². The average molecular weight is 474 g/mol. The molecule has 168 valence electrons. The summed E-state index contributed by atoms with van der Waals surface area (Å²) in [7, 11) is -2.75. The highest BCUT2D eigenvalue weighted by molar-refractivity contribution is 7.93. The van der Waals surface area contributed by atoms with Crippen LogP contribution in [0.25, 0.3) is 0 Å². The van der Waals surface area contributed by atoms with Crippen LogP contribution in [-0.2, 0) is 21.4 Å². The first-order chi connectivity index (χ1) is 15.2. The zero-order valence-corrected chi connectivity index (χ0v) is 19.6. The Labute approximate surface area is 193 Å². The molecule has 9 heteroatoms. The molecule has 0 unspecified atom stereocenters. The molecule has 1 aromatic heterocycles. The van der Waals surface area contributed by atoms with Gasteiger partial charge in [0.15, 0.2) is 0 Å². The second-order valence-corrected chi connectivity index (χ2v) is 9.47. The van der Waals surface area contributed by atoms with Gasteiger partial charge in [-0.3, -0.25) is 14.1 Å². The Bertz CT molecular complexity index is 1220. The molecule has 1 heterocycles. The Balaban J connectivity index is 1.98. The van der Waals surface area contributed by atoms with E-state index in [1.54, 1.807) is 55.7 Å². The number of methoxy groups -OCH3 is 1. The number of carbonyl (C=O) groups is 1. The van der Waals surface area contributed by atoms with E-state index < -0.39 is 22.5 Å². The molecule has 0 bridgehead atoms. The fourth-order valence-electron chi connectivity index (χ4n) is 3.04. The summed E-state index contributed by atoms with van der Waals surface area (Å²) in [4.78, 5) is 16.7. The van der Waals surface area contributed by atoms with Crippen LogP contribution in [-0.4, -0.2) is 33.0 Å². The number of aryl methyl sites for hydroxylation is 2.